The largest absolute Gasteiger partial charge is 0.368 e. The minimum Gasteiger partial charge on any atom is -0.368 e. The zero-order valence-corrected chi connectivity index (χ0v) is 9.63. The molecule has 0 aromatic rings. The first kappa shape index (κ1) is 11.5. The fourth-order valence-electron chi connectivity index (χ4n) is 2.25. The van der Waals surface area contributed by atoms with Crippen LogP contribution in [-0.2, 0) is 4.79 Å². The van der Waals surface area contributed by atoms with E-state index < -0.39 is 5.54 Å². The van der Waals surface area contributed by atoms with Gasteiger partial charge < -0.3 is 11.1 Å². The summed E-state index contributed by atoms with van der Waals surface area (Å²) in [5, 5.41) is 3.30. The minimum atomic E-state index is -0.414. The fraction of sp³-hybridized carbons (Fsp3) is 0.909. The van der Waals surface area contributed by atoms with Gasteiger partial charge >= 0.3 is 0 Å². The van der Waals surface area contributed by atoms with E-state index in [4.69, 9.17) is 5.73 Å². The highest BCUT2D eigenvalue weighted by Crippen LogP contribution is 2.42. The van der Waals surface area contributed by atoms with Crippen LogP contribution >= 0.6 is 0 Å². The van der Waals surface area contributed by atoms with E-state index in [9.17, 15) is 4.79 Å². The summed E-state index contributed by atoms with van der Waals surface area (Å²) in [4.78, 5) is 11.4. The van der Waals surface area contributed by atoms with Gasteiger partial charge in [-0.1, -0.05) is 13.8 Å². The lowest BCUT2D eigenvalue weighted by Crippen LogP contribution is -2.65. The van der Waals surface area contributed by atoms with Crippen LogP contribution in [0.2, 0.25) is 0 Å². The molecule has 0 unspecified atom stereocenters. The number of nitrogens with one attached hydrogen (secondary N) is 1. The Labute approximate surface area is 86.4 Å². The van der Waals surface area contributed by atoms with Crippen LogP contribution in [0, 0.1) is 11.8 Å². The first-order valence-corrected chi connectivity index (χ1v) is 5.45. The highest BCUT2D eigenvalue weighted by Gasteiger charge is 2.49. The van der Waals surface area contributed by atoms with Gasteiger partial charge in [-0.05, 0) is 38.5 Å². The Balaban J connectivity index is 2.58. The van der Waals surface area contributed by atoms with Crippen LogP contribution in [0.3, 0.4) is 0 Å². The number of hydrogen-bond acceptors (Lipinski definition) is 2. The topological polar surface area (TPSA) is 55.1 Å². The Morgan fingerprint density at radius 2 is 1.86 bits per heavy atom. The SMILES string of the molecule is CC(C)NC1(C(N)=O)CC(C(C)C)C1. The maximum Gasteiger partial charge on any atom is 0.237 e. The zero-order valence-electron chi connectivity index (χ0n) is 9.63. The quantitative estimate of drug-likeness (QED) is 0.715. The molecule has 1 aliphatic carbocycles. The van der Waals surface area contributed by atoms with Gasteiger partial charge in [-0.25, -0.2) is 0 Å². The molecule has 82 valence electrons. The predicted molar refractivity (Wildman–Crippen MR) is 57.8 cm³/mol. The van der Waals surface area contributed by atoms with Gasteiger partial charge in [0.1, 0.15) is 0 Å². The number of rotatable bonds is 4. The summed E-state index contributed by atoms with van der Waals surface area (Å²) in [6.07, 6.45) is 1.80. The van der Waals surface area contributed by atoms with Gasteiger partial charge in [-0.3, -0.25) is 4.79 Å². The molecule has 1 amide bonds. The zero-order chi connectivity index (χ0) is 10.9. The molecule has 14 heavy (non-hydrogen) atoms. The van der Waals surface area contributed by atoms with E-state index in [0.717, 1.165) is 12.8 Å². The van der Waals surface area contributed by atoms with Crippen molar-refractivity contribution in [2.45, 2.75) is 52.1 Å². The third-order valence-electron chi connectivity index (χ3n) is 3.20. The molecule has 0 aromatic carbocycles. The Hall–Kier alpha value is -0.570. The molecule has 0 atom stereocenters. The predicted octanol–water partition coefficient (Wildman–Crippen LogP) is 1.27. The van der Waals surface area contributed by atoms with E-state index in [1.807, 2.05) is 13.8 Å². The van der Waals surface area contributed by atoms with Crippen LogP contribution in [-0.4, -0.2) is 17.5 Å². The number of carbonyl (C=O) groups is 1. The molecule has 0 bridgehead atoms. The van der Waals surface area contributed by atoms with Crippen LogP contribution < -0.4 is 11.1 Å². The van der Waals surface area contributed by atoms with E-state index >= 15 is 0 Å². The molecular weight excluding hydrogens is 176 g/mol. The number of primary amides is 1. The van der Waals surface area contributed by atoms with E-state index in [-0.39, 0.29) is 5.91 Å². The van der Waals surface area contributed by atoms with Crippen molar-refractivity contribution in [2.75, 3.05) is 0 Å². The van der Waals surface area contributed by atoms with Gasteiger partial charge in [-0.2, -0.15) is 0 Å². The Kier molecular flexibility index (Phi) is 3.20. The van der Waals surface area contributed by atoms with Crippen LogP contribution in [0.15, 0.2) is 0 Å². The van der Waals surface area contributed by atoms with Gasteiger partial charge in [0.15, 0.2) is 0 Å². The smallest absolute Gasteiger partial charge is 0.237 e. The Morgan fingerprint density at radius 3 is 2.14 bits per heavy atom. The van der Waals surface area contributed by atoms with Crippen LogP contribution in [0.25, 0.3) is 0 Å². The molecule has 0 saturated heterocycles. The van der Waals surface area contributed by atoms with E-state index in [0.29, 0.717) is 17.9 Å². The maximum atomic E-state index is 11.4. The maximum absolute atomic E-state index is 11.4. The van der Waals surface area contributed by atoms with Gasteiger partial charge in [0.2, 0.25) is 5.91 Å². The molecule has 0 spiro atoms. The number of amides is 1. The Morgan fingerprint density at radius 1 is 1.36 bits per heavy atom. The molecule has 1 saturated carbocycles. The highest BCUT2D eigenvalue weighted by molar-refractivity contribution is 5.86. The van der Waals surface area contributed by atoms with Crippen LogP contribution in [0.4, 0.5) is 0 Å². The first-order chi connectivity index (χ1) is 6.37. The lowest BCUT2D eigenvalue weighted by atomic mass is 9.63. The summed E-state index contributed by atoms with van der Waals surface area (Å²) in [6, 6.07) is 0.315. The van der Waals surface area contributed by atoms with Crippen LogP contribution in [0.1, 0.15) is 40.5 Å². The highest BCUT2D eigenvalue weighted by atomic mass is 16.1. The van der Waals surface area contributed by atoms with Gasteiger partial charge in [-0.15, -0.1) is 0 Å². The van der Waals surface area contributed by atoms with Crippen molar-refractivity contribution < 1.29 is 4.79 Å². The van der Waals surface area contributed by atoms with Crippen molar-refractivity contribution in [3.8, 4) is 0 Å². The van der Waals surface area contributed by atoms with Gasteiger partial charge in [0.25, 0.3) is 0 Å². The van der Waals surface area contributed by atoms with Crippen LogP contribution in [0.5, 0.6) is 0 Å². The molecule has 1 fully saturated rings. The summed E-state index contributed by atoms with van der Waals surface area (Å²) in [5.74, 6) is 1.10. The standard InChI is InChI=1S/C11H22N2O/c1-7(2)9-5-11(6-9,10(12)14)13-8(3)4/h7-9,13H,5-6H2,1-4H3,(H2,12,14). The number of nitrogens with two attached hydrogens (primary N) is 1. The van der Waals surface area contributed by atoms with E-state index in [1.165, 1.54) is 0 Å². The molecule has 0 aromatic heterocycles. The van der Waals surface area contributed by atoms with Crippen molar-refractivity contribution in [1.82, 2.24) is 5.32 Å². The first-order valence-electron chi connectivity index (χ1n) is 5.45. The average molecular weight is 198 g/mol. The lowest BCUT2D eigenvalue weighted by Gasteiger charge is -2.48. The molecule has 3 N–H and O–H groups in total. The second kappa shape index (κ2) is 3.89. The Bertz CT molecular complexity index is 217. The van der Waals surface area contributed by atoms with Crippen molar-refractivity contribution in [3.05, 3.63) is 0 Å². The summed E-state index contributed by atoms with van der Waals surface area (Å²) < 4.78 is 0. The van der Waals surface area contributed by atoms with E-state index in [1.54, 1.807) is 0 Å². The molecule has 3 heteroatoms. The monoisotopic (exact) mass is 198 g/mol. The van der Waals surface area contributed by atoms with Gasteiger partial charge in [0.05, 0.1) is 5.54 Å². The lowest BCUT2D eigenvalue weighted by molar-refractivity contribution is -0.131. The molecule has 3 nitrogen and oxygen atoms in total. The van der Waals surface area contributed by atoms with E-state index in [2.05, 4.69) is 19.2 Å². The minimum absolute atomic E-state index is 0.192. The molecule has 1 rings (SSSR count). The third kappa shape index (κ3) is 2.08. The van der Waals surface area contributed by atoms with Crippen molar-refractivity contribution in [1.29, 1.82) is 0 Å². The summed E-state index contributed by atoms with van der Waals surface area (Å²) in [5.41, 5.74) is 5.03. The fourth-order valence-corrected chi connectivity index (χ4v) is 2.25. The molecule has 0 aliphatic heterocycles. The number of hydrogen-bond donors (Lipinski definition) is 2. The number of carbonyl (C=O) groups excluding carboxylic acids is 1. The average Bonchev–Trinajstić information content (AvgIpc) is 1.93. The second-order valence-corrected chi connectivity index (χ2v) is 5.16. The summed E-state index contributed by atoms with van der Waals surface area (Å²) >= 11 is 0. The van der Waals surface area contributed by atoms with Crippen molar-refractivity contribution in [2.24, 2.45) is 17.6 Å². The van der Waals surface area contributed by atoms with Crippen molar-refractivity contribution >= 4 is 5.91 Å². The van der Waals surface area contributed by atoms with Crippen molar-refractivity contribution in [3.63, 3.8) is 0 Å². The summed E-state index contributed by atoms with van der Waals surface area (Å²) in [6.45, 7) is 8.50. The molecule has 0 radical (unpaired) electrons. The third-order valence-corrected chi connectivity index (χ3v) is 3.20. The molecule has 0 heterocycles. The molecule has 1 aliphatic rings. The van der Waals surface area contributed by atoms with Gasteiger partial charge in [0, 0.05) is 6.04 Å². The normalized spacial score (nSPS) is 32.0. The second-order valence-electron chi connectivity index (χ2n) is 5.16. The summed E-state index contributed by atoms with van der Waals surface area (Å²) in [7, 11) is 0. The molecular formula is C11H22N2O.